The molecule has 1 heterocycles. The van der Waals surface area contributed by atoms with E-state index in [0.29, 0.717) is 6.79 Å². The molecule has 9 heavy (non-hydrogen) atoms. The van der Waals surface area contributed by atoms with Crippen molar-refractivity contribution in [2.75, 3.05) is 25.3 Å². The lowest BCUT2D eigenvalue weighted by atomic mass is 9.96. The van der Waals surface area contributed by atoms with Crippen LogP contribution in [0.25, 0.3) is 0 Å². The fraction of sp³-hybridized carbons (Fsp3) is 1.00. The maximum Gasteiger partial charge on any atom is 0.146 e. The highest BCUT2D eigenvalue weighted by atomic mass is 79.9. The van der Waals surface area contributed by atoms with Crippen molar-refractivity contribution in [3.63, 3.8) is 0 Å². The molecule has 1 aliphatic rings. The minimum absolute atomic E-state index is 0.193. The van der Waals surface area contributed by atoms with Crippen LogP contribution in [-0.2, 0) is 9.47 Å². The lowest BCUT2D eigenvalue weighted by molar-refractivity contribution is -0.151. The number of ether oxygens (including phenoxy) is 2. The molecule has 2 nitrogen and oxygen atoms in total. The Morgan fingerprint density at radius 2 is 2.00 bits per heavy atom. The van der Waals surface area contributed by atoms with Crippen LogP contribution in [0.2, 0.25) is 0 Å². The summed E-state index contributed by atoms with van der Waals surface area (Å²) in [5.41, 5.74) is 0.193. The zero-order valence-electron chi connectivity index (χ0n) is 5.52. The molecule has 1 fully saturated rings. The minimum Gasteiger partial charge on any atom is -0.355 e. The van der Waals surface area contributed by atoms with E-state index in [0.717, 1.165) is 18.5 Å². The van der Waals surface area contributed by atoms with Crippen molar-refractivity contribution in [2.45, 2.75) is 6.92 Å². The van der Waals surface area contributed by atoms with Crippen LogP contribution in [-0.4, -0.2) is 25.3 Å². The van der Waals surface area contributed by atoms with E-state index in [1.807, 2.05) is 0 Å². The van der Waals surface area contributed by atoms with Gasteiger partial charge in [0, 0.05) is 10.7 Å². The van der Waals surface area contributed by atoms with Crippen molar-refractivity contribution < 1.29 is 9.47 Å². The molecule has 0 aromatic rings. The van der Waals surface area contributed by atoms with Gasteiger partial charge in [0.05, 0.1) is 13.2 Å². The third-order valence-corrected chi connectivity index (χ3v) is 2.74. The van der Waals surface area contributed by atoms with E-state index >= 15 is 0 Å². The Bertz CT molecular complexity index is 89.1. The summed E-state index contributed by atoms with van der Waals surface area (Å²) < 4.78 is 10.2. The Morgan fingerprint density at radius 3 is 2.33 bits per heavy atom. The zero-order valence-corrected chi connectivity index (χ0v) is 7.11. The van der Waals surface area contributed by atoms with E-state index in [4.69, 9.17) is 9.47 Å². The van der Waals surface area contributed by atoms with E-state index in [1.165, 1.54) is 0 Å². The maximum absolute atomic E-state index is 5.12. The monoisotopic (exact) mass is 194 g/mol. The summed E-state index contributed by atoms with van der Waals surface area (Å²) in [5.74, 6) is 0. The molecule has 1 aliphatic heterocycles. The Balaban J connectivity index is 2.37. The van der Waals surface area contributed by atoms with Gasteiger partial charge in [-0.05, 0) is 0 Å². The molecule has 0 bridgehead atoms. The number of halogens is 1. The fourth-order valence-corrected chi connectivity index (χ4v) is 1.08. The summed E-state index contributed by atoms with van der Waals surface area (Å²) in [6, 6.07) is 0. The smallest absolute Gasteiger partial charge is 0.146 e. The number of hydrogen-bond donors (Lipinski definition) is 0. The standard InChI is InChI=1S/C6H11BrO2/c1-6(2-7)3-8-5-9-4-6/h2-5H2,1H3. The average Bonchev–Trinajstić information content (AvgIpc) is 1.90. The lowest BCUT2D eigenvalue weighted by Gasteiger charge is -2.30. The molecule has 0 unspecified atom stereocenters. The van der Waals surface area contributed by atoms with Crippen molar-refractivity contribution in [3.05, 3.63) is 0 Å². The fourth-order valence-electron chi connectivity index (χ4n) is 0.754. The molecule has 1 rings (SSSR count). The van der Waals surface area contributed by atoms with Crippen molar-refractivity contribution in [2.24, 2.45) is 5.41 Å². The van der Waals surface area contributed by atoms with Gasteiger partial charge in [-0.25, -0.2) is 0 Å². The highest BCUT2D eigenvalue weighted by Gasteiger charge is 2.26. The maximum atomic E-state index is 5.12. The Labute approximate surface area is 63.7 Å². The molecule has 0 amide bonds. The van der Waals surface area contributed by atoms with E-state index < -0.39 is 0 Å². The highest BCUT2D eigenvalue weighted by Crippen LogP contribution is 2.23. The van der Waals surface area contributed by atoms with Gasteiger partial charge in [0.25, 0.3) is 0 Å². The minimum atomic E-state index is 0.193. The molecule has 0 aromatic heterocycles. The summed E-state index contributed by atoms with van der Waals surface area (Å²) >= 11 is 3.41. The summed E-state index contributed by atoms with van der Waals surface area (Å²) in [6.45, 7) is 4.21. The zero-order chi connectivity index (χ0) is 6.74. The normalized spacial score (nSPS) is 26.0. The molecule has 0 aromatic carbocycles. The number of alkyl halides is 1. The summed E-state index contributed by atoms with van der Waals surface area (Å²) in [6.07, 6.45) is 0. The average molecular weight is 195 g/mol. The second-order valence-corrected chi connectivity index (χ2v) is 3.32. The van der Waals surface area contributed by atoms with Crippen molar-refractivity contribution in [3.8, 4) is 0 Å². The molecule has 54 valence electrons. The van der Waals surface area contributed by atoms with Gasteiger partial charge in [-0.2, -0.15) is 0 Å². The first-order chi connectivity index (χ1) is 4.27. The molecule has 0 radical (unpaired) electrons. The van der Waals surface area contributed by atoms with Crippen LogP contribution in [0.15, 0.2) is 0 Å². The van der Waals surface area contributed by atoms with Crippen molar-refractivity contribution in [1.29, 1.82) is 0 Å². The largest absolute Gasteiger partial charge is 0.355 e. The second-order valence-electron chi connectivity index (χ2n) is 2.76. The van der Waals surface area contributed by atoms with Gasteiger partial charge in [0.15, 0.2) is 0 Å². The highest BCUT2D eigenvalue weighted by molar-refractivity contribution is 9.09. The van der Waals surface area contributed by atoms with Crippen LogP contribution < -0.4 is 0 Å². The summed E-state index contributed by atoms with van der Waals surface area (Å²) in [5, 5.41) is 0.944. The van der Waals surface area contributed by atoms with Gasteiger partial charge in [-0.3, -0.25) is 0 Å². The van der Waals surface area contributed by atoms with Crippen LogP contribution in [0.3, 0.4) is 0 Å². The molecule has 3 heteroatoms. The molecule has 0 saturated carbocycles. The predicted molar refractivity (Wildman–Crippen MR) is 38.7 cm³/mol. The van der Waals surface area contributed by atoms with Gasteiger partial charge < -0.3 is 9.47 Å². The van der Waals surface area contributed by atoms with Crippen LogP contribution in [0.5, 0.6) is 0 Å². The Kier molecular flexibility index (Phi) is 2.50. The molecule has 0 atom stereocenters. The Morgan fingerprint density at radius 1 is 1.44 bits per heavy atom. The molecule has 0 spiro atoms. The first-order valence-electron chi connectivity index (χ1n) is 2.98. The van der Waals surface area contributed by atoms with Crippen LogP contribution in [0.1, 0.15) is 6.92 Å². The number of rotatable bonds is 1. The van der Waals surface area contributed by atoms with Gasteiger partial charge in [0.2, 0.25) is 0 Å². The first-order valence-corrected chi connectivity index (χ1v) is 4.10. The van der Waals surface area contributed by atoms with E-state index in [1.54, 1.807) is 0 Å². The molecule has 0 aliphatic carbocycles. The number of hydrogen-bond acceptors (Lipinski definition) is 2. The topological polar surface area (TPSA) is 18.5 Å². The SMILES string of the molecule is CC1(CBr)COCOC1. The molecular weight excluding hydrogens is 184 g/mol. The Hall–Kier alpha value is 0.400. The predicted octanol–water partition coefficient (Wildman–Crippen LogP) is 1.39. The summed E-state index contributed by atoms with van der Waals surface area (Å²) in [7, 11) is 0. The quantitative estimate of drug-likeness (QED) is 0.588. The third kappa shape index (κ3) is 1.92. The van der Waals surface area contributed by atoms with Gasteiger partial charge >= 0.3 is 0 Å². The van der Waals surface area contributed by atoms with Gasteiger partial charge in [-0.15, -0.1) is 0 Å². The molecule has 1 saturated heterocycles. The van der Waals surface area contributed by atoms with Crippen LogP contribution in [0.4, 0.5) is 0 Å². The van der Waals surface area contributed by atoms with E-state index in [9.17, 15) is 0 Å². The van der Waals surface area contributed by atoms with Gasteiger partial charge in [-0.1, -0.05) is 22.9 Å². The van der Waals surface area contributed by atoms with Crippen molar-refractivity contribution in [1.82, 2.24) is 0 Å². The van der Waals surface area contributed by atoms with Crippen LogP contribution >= 0.6 is 15.9 Å². The van der Waals surface area contributed by atoms with E-state index in [2.05, 4.69) is 22.9 Å². The van der Waals surface area contributed by atoms with E-state index in [-0.39, 0.29) is 5.41 Å². The third-order valence-electron chi connectivity index (χ3n) is 1.39. The van der Waals surface area contributed by atoms with Gasteiger partial charge in [0.1, 0.15) is 6.79 Å². The van der Waals surface area contributed by atoms with Crippen LogP contribution in [0, 0.1) is 5.41 Å². The second kappa shape index (κ2) is 2.99. The molecular formula is C6H11BrO2. The van der Waals surface area contributed by atoms with Crippen molar-refractivity contribution >= 4 is 15.9 Å². The lowest BCUT2D eigenvalue weighted by Crippen LogP contribution is -2.35. The summed E-state index contributed by atoms with van der Waals surface area (Å²) in [4.78, 5) is 0. The molecule has 0 N–H and O–H groups in total. The first kappa shape index (κ1) is 7.51.